The van der Waals surface area contributed by atoms with E-state index in [1.165, 1.54) is 19.3 Å². The Morgan fingerprint density at radius 2 is 1.70 bits per heavy atom. The zero-order valence-electron chi connectivity index (χ0n) is 12.4. The lowest BCUT2D eigenvalue weighted by atomic mass is 10.1. The lowest BCUT2D eigenvalue weighted by Gasteiger charge is -2.20. The minimum absolute atomic E-state index is 0.0456. The van der Waals surface area contributed by atoms with Gasteiger partial charge in [-0.05, 0) is 13.0 Å². The van der Waals surface area contributed by atoms with Gasteiger partial charge in [0.2, 0.25) is 0 Å². The SMILES string of the molecule is CCCCCCCC(COCC(F)(F)C(F)F)NCC. The van der Waals surface area contributed by atoms with E-state index in [9.17, 15) is 17.6 Å². The normalized spacial score (nSPS) is 13.9. The summed E-state index contributed by atoms with van der Waals surface area (Å²) in [7, 11) is 0. The predicted molar refractivity (Wildman–Crippen MR) is 72.6 cm³/mol. The van der Waals surface area contributed by atoms with Crippen molar-refractivity contribution in [3.8, 4) is 0 Å². The van der Waals surface area contributed by atoms with Crippen LogP contribution in [-0.2, 0) is 4.74 Å². The Hall–Kier alpha value is -0.360. The van der Waals surface area contributed by atoms with Gasteiger partial charge >= 0.3 is 12.3 Å². The number of alkyl halides is 4. The highest BCUT2D eigenvalue weighted by Gasteiger charge is 2.41. The van der Waals surface area contributed by atoms with Gasteiger partial charge in [0.25, 0.3) is 0 Å². The quantitative estimate of drug-likeness (QED) is 0.406. The summed E-state index contributed by atoms with van der Waals surface area (Å²) in [5, 5.41) is 3.13. The van der Waals surface area contributed by atoms with Crippen LogP contribution in [0, 0.1) is 0 Å². The lowest BCUT2D eigenvalue weighted by molar-refractivity contribution is -0.167. The van der Waals surface area contributed by atoms with E-state index >= 15 is 0 Å². The third kappa shape index (κ3) is 9.53. The van der Waals surface area contributed by atoms with Gasteiger partial charge in [0.05, 0.1) is 6.61 Å². The fourth-order valence-corrected chi connectivity index (χ4v) is 1.93. The molecule has 0 saturated carbocycles. The topological polar surface area (TPSA) is 21.3 Å². The highest BCUT2D eigenvalue weighted by molar-refractivity contribution is 4.70. The molecule has 1 atom stereocenters. The highest BCUT2D eigenvalue weighted by Crippen LogP contribution is 2.23. The van der Waals surface area contributed by atoms with Crippen molar-refractivity contribution in [1.29, 1.82) is 0 Å². The Morgan fingerprint density at radius 3 is 2.25 bits per heavy atom. The Morgan fingerprint density at radius 1 is 1.05 bits per heavy atom. The number of hydrogen-bond donors (Lipinski definition) is 1. The second-order valence-electron chi connectivity index (χ2n) is 5.03. The zero-order chi connectivity index (χ0) is 15.4. The molecule has 0 aromatic carbocycles. The first-order chi connectivity index (χ1) is 9.44. The van der Waals surface area contributed by atoms with E-state index < -0.39 is 19.0 Å². The first-order valence-electron chi connectivity index (χ1n) is 7.41. The summed E-state index contributed by atoms with van der Waals surface area (Å²) < 4.78 is 54.0. The summed E-state index contributed by atoms with van der Waals surface area (Å²) in [6, 6.07) is -0.0462. The van der Waals surface area contributed by atoms with Gasteiger partial charge < -0.3 is 10.1 Å². The van der Waals surface area contributed by atoms with Crippen molar-refractivity contribution in [2.75, 3.05) is 19.8 Å². The number of rotatable bonds is 13. The van der Waals surface area contributed by atoms with Crippen molar-refractivity contribution in [1.82, 2.24) is 5.32 Å². The van der Waals surface area contributed by atoms with Gasteiger partial charge in [-0.3, -0.25) is 0 Å². The lowest BCUT2D eigenvalue weighted by Crippen LogP contribution is -2.37. The molecule has 0 aromatic rings. The molecule has 20 heavy (non-hydrogen) atoms. The average molecular weight is 301 g/mol. The number of ether oxygens (including phenoxy) is 1. The van der Waals surface area contributed by atoms with Crippen LogP contribution >= 0.6 is 0 Å². The smallest absolute Gasteiger partial charge is 0.330 e. The molecule has 1 unspecified atom stereocenters. The van der Waals surface area contributed by atoms with Crippen LogP contribution in [0.25, 0.3) is 0 Å². The Balaban J connectivity index is 3.84. The second kappa shape index (κ2) is 11.3. The number of halogens is 4. The van der Waals surface area contributed by atoms with Crippen molar-refractivity contribution in [3.63, 3.8) is 0 Å². The fraction of sp³-hybridized carbons (Fsp3) is 1.00. The van der Waals surface area contributed by atoms with Crippen LogP contribution in [0.5, 0.6) is 0 Å². The third-order valence-electron chi connectivity index (χ3n) is 3.08. The standard InChI is InChI=1S/C14H27F4NO/c1-3-5-6-7-8-9-12(19-4-2)10-20-11-14(17,18)13(15)16/h12-13,19H,3-11H2,1-2H3. The van der Waals surface area contributed by atoms with Gasteiger partial charge in [0.1, 0.15) is 6.61 Å². The van der Waals surface area contributed by atoms with Crippen LogP contribution in [-0.4, -0.2) is 38.1 Å². The molecule has 0 radical (unpaired) electrons. The van der Waals surface area contributed by atoms with E-state index in [2.05, 4.69) is 12.2 Å². The molecule has 0 amide bonds. The number of likely N-dealkylation sites (N-methyl/N-ethyl adjacent to an activating group) is 1. The van der Waals surface area contributed by atoms with Crippen LogP contribution in [0.2, 0.25) is 0 Å². The van der Waals surface area contributed by atoms with E-state index in [4.69, 9.17) is 4.74 Å². The van der Waals surface area contributed by atoms with Crippen molar-refractivity contribution in [3.05, 3.63) is 0 Å². The van der Waals surface area contributed by atoms with Crippen molar-refractivity contribution < 1.29 is 22.3 Å². The zero-order valence-corrected chi connectivity index (χ0v) is 12.4. The van der Waals surface area contributed by atoms with Gasteiger partial charge in [0.15, 0.2) is 0 Å². The first kappa shape index (κ1) is 19.6. The maximum atomic E-state index is 12.7. The van der Waals surface area contributed by atoms with Gasteiger partial charge in [0, 0.05) is 6.04 Å². The second-order valence-corrected chi connectivity index (χ2v) is 5.03. The van der Waals surface area contributed by atoms with Gasteiger partial charge in [-0.25, -0.2) is 8.78 Å². The molecule has 6 heteroatoms. The minimum Gasteiger partial charge on any atom is -0.373 e. The Bertz CT molecular complexity index is 227. The van der Waals surface area contributed by atoms with Crippen LogP contribution in [0.1, 0.15) is 52.4 Å². The summed E-state index contributed by atoms with van der Waals surface area (Å²) in [5.74, 6) is -4.06. The molecule has 2 nitrogen and oxygen atoms in total. The average Bonchev–Trinajstić information content (AvgIpc) is 2.38. The molecule has 0 bridgehead atoms. The van der Waals surface area contributed by atoms with Crippen molar-refractivity contribution >= 4 is 0 Å². The van der Waals surface area contributed by atoms with Crippen LogP contribution in [0.4, 0.5) is 17.6 Å². The maximum Gasteiger partial charge on any atom is 0.330 e. The van der Waals surface area contributed by atoms with E-state index in [0.29, 0.717) is 6.54 Å². The van der Waals surface area contributed by atoms with Crippen LogP contribution in [0.3, 0.4) is 0 Å². The number of unbranched alkanes of at least 4 members (excludes halogenated alkanes) is 4. The molecule has 0 aliphatic heterocycles. The molecule has 0 aliphatic carbocycles. The number of hydrogen-bond acceptors (Lipinski definition) is 2. The maximum absolute atomic E-state index is 12.7. The monoisotopic (exact) mass is 301 g/mol. The largest absolute Gasteiger partial charge is 0.373 e. The molecule has 0 spiro atoms. The van der Waals surface area contributed by atoms with E-state index in [-0.39, 0.29) is 12.6 Å². The van der Waals surface area contributed by atoms with Gasteiger partial charge in [-0.15, -0.1) is 0 Å². The molecule has 0 aromatic heterocycles. The first-order valence-corrected chi connectivity index (χ1v) is 7.41. The third-order valence-corrected chi connectivity index (χ3v) is 3.08. The molecular formula is C14H27F4NO. The molecule has 122 valence electrons. The fourth-order valence-electron chi connectivity index (χ4n) is 1.93. The molecule has 0 fully saturated rings. The van der Waals surface area contributed by atoms with E-state index in [1.807, 2.05) is 6.92 Å². The van der Waals surface area contributed by atoms with E-state index in [1.54, 1.807) is 0 Å². The Kier molecular flexibility index (Phi) is 11.1. The summed E-state index contributed by atoms with van der Waals surface area (Å²) in [5.41, 5.74) is 0. The van der Waals surface area contributed by atoms with Crippen molar-refractivity contribution in [2.45, 2.75) is 70.8 Å². The molecular weight excluding hydrogens is 274 g/mol. The highest BCUT2D eigenvalue weighted by atomic mass is 19.3. The van der Waals surface area contributed by atoms with Crippen LogP contribution in [0.15, 0.2) is 0 Å². The summed E-state index contributed by atoms with van der Waals surface area (Å²) in [4.78, 5) is 0. The Labute approximate surface area is 119 Å². The van der Waals surface area contributed by atoms with Crippen molar-refractivity contribution in [2.24, 2.45) is 0 Å². The van der Waals surface area contributed by atoms with Gasteiger partial charge in [-0.2, -0.15) is 8.78 Å². The van der Waals surface area contributed by atoms with E-state index in [0.717, 1.165) is 19.3 Å². The number of nitrogens with one attached hydrogen (secondary N) is 1. The summed E-state index contributed by atoms with van der Waals surface area (Å²) in [6.45, 7) is 3.58. The predicted octanol–water partition coefficient (Wildman–Crippen LogP) is 4.24. The molecule has 0 heterocycles. The summed E-state index contributed by atoms with van der Waals surface area (Å²) >= 11 is 0. The van der Waals surface area contributed by atoms with Gasteiger partial charge in [-0.1, -0.05) is 46.0 Å². The molecule has 0 saturated heterocycles. The molecule has 0 aliphatic rings. The molecule has 1 N–H and O–H groups in total. The minimum atomic E-state index is -4.06. The summed E-state index contributed by atoms with van der Waals surface area (Å²) in [6.07, 6.45) is 2.77. The molecule has 0 rings (SSSR count). The van der Waals surface area contributed by atoms with Crippen LogP contribution < -0.4 is 5.32 Å².